The lowest BCUT2D eigenvalue weighted by Crippen LogP contribution is -1.92. The van der Waals surface area contributed by atoms with Crippen molar-refractivity contribution in [2.75, 3.05) is 0 Å². The third-order valence-electron chi connectivity index (χ3n) is 3.43. The Morgan fingerprint density at radius 3 is 2.75 bits per heavy atom. The predicted molar refractivity (Wildman–Crippen MR) is 66.7 cm³/mol. The van der Waals surface area contributed by atoms with Crippen LogP contribution in [0.15, 0.2) is 0 Å². The van der Waals surface area contributed by atoms with Gasteiger partial charge in [-0.3, -0.25) is 0 Å². The molecule has 2 nitrogen and oxygen atoms in total. The first-order chi connectivity index (χ1) is 7.76. The van der Waals surface area contributed by atoms with E-state index in [4.69, 9.17) is 5.26 Å². The van der Waals surface area contributed by atoms with Crippen LogP contribution in [0.1, 0.15) is 66.4 Å². The van der Waals surface area contributed by atoms with Gasteiger partial charge in [0.05, 0.1) is 22.7 Å². The van der Waals surface area contributed by atoms with E-state index in [0.29, 0.717) is 5.92 Å². The van der Waals surface area contributed by atoms with Crippen LogP contribution in [0.2, 0.25) is 0 Å². The van der Waals surface area contributed by atoms with Gasteiger partial charge in [0.25, 0.3) is 0 Å². The Morgan fingerprint density at radius 2 is 2.19 bits per heavy atom. The van der Waals surface area contributed by atoms with Crippen molar-refractivity contribution in [3.63, 3.8) is 0 Å². The quantitative estimate of drug-likeness (QED) is 0.788. The molecular weight excluding hydrogens is 216 g/mol. The van der Waals surface area contributed by atoms with Gasteiger partial charge in [-0.15, -0.1) is 11.3 Å². The van der Waals surface area contributed by atoms with Crippen LogP contribution in [0.4, 0.5) is 0 Å². The van der Waals surface area contributed by atoms with E-state index in [2.05, 4.69) is 18.0 Å². The molecule has 0 radical (unpaired) electrons. The number of thiazole rings is 1. The molecule has 0 aromatic carbocycles. The first kappa shape index (κ1) is 11.6. The fraction of sp³-hybridized carbons (Fsp3) is 0.692. The molecular formula is C13H18N2S. The van der Waals surface area contributed by atoms with Crippen molar-refractivity contribution in [3.05, 3.63) is 15.6 Å². The Labute approximate surface area is 101 Å². The summed E-state index contributed by atoms with van der Waals surface area (Å²) in [7, 11) is 0. The van der Waals surface area contributed by atoms with Gasteiger partial charge < -0.3 is 0 Å². The van der Waals surface area contributed by atoms with Crippen molar-refractivity contribution in [1.29, 1.82) is 5.26 Å². The number of hydrogen-bond acceptors (Lipinski definition) is 3. The molecule has 0 spiro atoms. The van der Waals surface area contributed by atoms with Gasteiger partial charge in [-0.25, -0.2) is 4.98 Å². The highest BCUT2D eigenvalue weighted by atomic mass is 32.1. The number of hydrogen-bond donors (Lipinski definition) is 0. The average molecular weight is 234 g/mol. The van der Waals surface area contributed by atoms with Crippen molar-refractivity contribution in [2.45, 2.75) is 57.8 Å². The van der Waals surface area contributed by atoms with Crippen LogP contribution in [-0.4, -0.2) is 4.98 Å². The van der Waals surface area contributed by atoms with Gasteiger partial charge >= 0.3 is 0 Å². The second-order valence-electron chi connectivity index (χ2n) is 4.57. The van der Waals surface area contributed by atoms with Crippen molar-refractivity contribution < 1.29 is 0 Å². The van der Waals surface area contributed by atoms with E-state index in [-0.39, 0.29) is 5.92 Å². The predicted octanol–water partition coefficient (Wildman–Crippen LogP) is 4.13. The van der Waals surface area contributed by atoms with Crippen LogP contribution in [0, 0.1) is 18.3 Å². The SMILES string of the molecule is CCC(C#N)c1sc(C2CCCC2)nc1C. The van der Waals surface area contributed by atoms with Gasteiger partial charge in [-0.05, 0) is 26.2 Å². The molecule has 0 N–H and O–H groups in total. The molecule has 1 aliphatic rings. The molecule has 1 fully saturated rings. The summed E-state index contributed by atoms with van der Waals surface area (Å²) in [6.07, 6.45) is 6.15. The number of aryl methyl sites for hydroxylation is 1. The maximum atomic E-state index is 9.11. The fourth-order valence-corrected chi connectivity index (χ4v) is 3.80. The highest BCUT2D eigenvalue weighted by Gasteiger charge is 2.23. The van der Waals surface area contributed by atoms with Crippen LogP contribution in [-0.2, 0) is 0 Å². The van der Waals surface area contributed by atoms with Gasteiger partial charge in [0.15, 0.2) is 0 Å². The van der Waals surface area contributed by atoms with Gasteiger partial charge in [0.2, 0.25) is 0 Å². The molecule has 1 saturated carbocycles. The van der Waals surface area contributed by atoms with Gasteiger partial charge in [-0.1, -0.05) is 19.8 Å². The van der Waals surface area contributed by atoms with E-state index in [0.717, 1.165) is 12.1 Å². The van der Waals surface area contributed by atoms with Crippen LogP contribution >= 0.6 is 11.3 Å². The molecule has 1 heterocycles. The molecule has 0 aliphatic heterocycles. The third-order valence-corrected chi connectivity index (χ3v) is 4.87. The second-order valence-corrected chi connectivity index (χ2v) is 5.64. The first-order valence-corrected chi connectivity index (χ1v) is 6.94. The topological polar surface area (TPSA) is 36.7 Å². The normalized spacial score (nSPS) is 18.6. The first-order valence-electron chi connectivity index (χ1n) is 6.13. The molecule has 1 aromatic rings. The Morgan fingerprint density at radius 1 is 1.50 bits per heavy atom. The van der Waals surface area contributed by atoms with E-state index in [9.17, 15) is 0 Å². The largest absolute Gasteiger partial charge is 0.246 e. The number of aromatic nitrogens is 1. The molecule has 0 saturated heterocycles. The van der Waals surface area contributed by atoms with Crippen molar-refractivity contribution in [2.24, 2.45) is 0 Å². The van der Waals surface area contributed by atoms with Crippen molar-refractivity contribution >= 4 is 11.3 Å². The standard InChI is InChI=1S/C13H18N2S/c1-3-10(8-14)12-9(2)15-13(16-12)11-6-4-5-7-11/h10-11H,3-7H2,1-2H3. The summed E-state index contributed by atoms with van der Waals surface area (Å²) in [5, 5.41) is 10.4. The van der Waals surface area contributed by atoms with Crippen LogP contribution in [0.3, 0.4) is 0 Å². The molecule has 1 aromatic heterocycles. The van der Waals surface area contributed by atoms with E-state index in [1.807, 2.05) is 6.92 Å². The average Bonchev–Trinajstić information content (AvgIpc) is 2.90. The Balaban J connectivity index is 2.24. The smallest absolute Gasteiger partial charge is 0.0962 e. The van der Waals surface area contributed by atoms with Gasteiger partial charge in [0.1, 0.15) is 0 Å². The number of nitriles is 1. The summed E-state index contributed by atoms with van der Waals surface area (Å²) in [5.74, 6) is 0.723. The highest BCUT2D eigenvalue weighted by Crippen LogP contribution is 2.39. The van der Waals surface area contributed by atoms with E-state index in [1.165, 1.54) is 35.6 Å². The van der Waals surface area contributed by atoms with Crippen LogP contribution in [0.25, 0.3) is 0 Å². The van der Waals surface area contributed by atoms with Gasteiger partial charge in [0, 0.05) is 10.8 Å². The lowest BCUT2D eigenvalue weighted by molar-refractivity contribution is 0.714. The molecule has 0 bridgehead atoms. The fourth-order valence-electron chi connectivity index (χ4n) is 2.44. The van der Waals surface area contributed by atoms with Gasteiger partial charge in [-0.2, -0.15) is 5.26 Å². The molecule has 1 aliphatic carbocycles. The van der Waals surface area contributed by atoms with Crippen molar-refractivity contribution in [1.82, 2.24) is 4.98 Å². The summed E-state index contributed by atoms with van der Waals surface area (Å²) in [5.41, 5.74) is 1.08. The molecule has 2 rings (SSSR count). The van der Waals surface area contributed by atoms with Crippen LogP contribution in [0.5, 0.6) is 0 Å². The molecule has 86 valence electrons. The maximum Gasteiger partial charge on any atom is 0.0962 e. The lowest BCUT2D eigenvalue weighted by Gasteiger charge is -2.03. The summed E-state index contributed by atoms with van der Waals surface area (Å²) in [4.78, 5) is 5.88. The van der Waals surface area contributed by atoms with Crippen molar-refractivity contribution in [3.8, 4) is 6.07 Å². The van der Waals surface area contributed by atoms with E-state index >= 15 is 0 Å². The number of nitrogens with zero attached hydrogens (tertiary/aromatic N) is 2. The molecule has 0 amide bonds. The minimum absolute atomic E-state index is 0.0488. The molecule has 1 unspecified atom stereocenters. The summed E-state index contributed by atoms with van der Waals surface area (Å²) in [6.45, 7) is 4.12. The zero-order valence-electron chi connectivity index (χ0n) is 9.99. The zero-order chi connectivity index (χ0) is 11.5. The van der Waals surface area contributed by atoms with E-state index in [1.54, 1.807) is 11.3 Å². The zero-order valence-corrected chi connectivity index (χ0v) is 10.8. The molecule has 1 atom stereocenters. The Hall–Kier alpha value is -0.880. The summed E-state index contributed by atoms with van der Waals surface area (Å²) < 4.78 is 0. The minimum atomic E-state index is 0.0488. The lowest BCUT2D eigenvalue weighted by atomic mass is 10.1. The maximum absolute atomic E-state index is 9.11. The monoisotopic (exact) mass is 234 g/mol. The van der Waals surface area contributed by atoms with Crippen LogP contribution < -0.4 is 0 Å². The molecule has 3 heteroatoms. The summed E-state index contributed by atoms with van der Waals surface area (Å²) in [6, 6.07) is 2.38. The Kier molecular flexibility index (Phi) is 3.60. The molecule has 16 heavy (non-hydrogen) atoms. The van der Waals surface area contributed by atoms with E-state index < -0.39 is 0 Å². The number of rotatable bonds is 3. The summed E-state index contributed by atoms with van der Waals surface area (Å²) >= 11 is 1.78. The highest BCUT2D eigenvalue weighted by molar-refractivity contribution is 7.12. The second kappa shape index (κ2) is 4.97. The minimum Gasteiger partial charge on any atom is -0.246 e. The third kappa shape index (κ3) is 2.12. The Bertz CT molecular complexity index is 397.